The van der Waals surface area contributed by atoms with Crippen molar-refractivity contribution in [2.45, 2.75) is 39.2 Å². The molecule has 0 heterocycles. The minimum atomic E-state index is -1.87. The second kappa shape index (κ2) is 5.40. The average molecular weight is 252 g/mol. The zero-order chi connectivity index (χ0) is 13.9. The summed E-state index contributed by atoms with van der Waals surface area (Å²) in [5.41, 5.74) is 0.453. The number of aryl methyl sites for hydroxylation is 1. The maximum absolute atomic E-state index is 10.7. The minimum absolute atomic E-state index is 0.275. The number of hydrogen-bond acceptors (Lipinski definition) is 3. The van der Waals surface area contributed by atoms with E-state index in [0.717, 1.165) is 5.56 Å². The summed E-state index contributed by atoms with van der Waals surface area (Å²) >= 11 is 0. The predicted octanol–water partition coefficient (Wildman–Crippen LogP) is 2.33. The van der Waals surface area contributed by atoms with Crippen LogP contribution in [-0.2, 0) is 4.79 Å². The molecule has 1 aromatic carbocycles. The SMILES string of the molecule is Cc1cc(OCC(C)(O)C(=O)O)ccc1C(C)C. The quantitative estimate of drug-likeness (QED) is 0.844. The van der Waals surface area contributed by atoms with E-state index in [1.54, 1.807) is 6.07 Å². The molecule has 4 nitrogen and oxygen atoms in total. The molecule has 0 spiro atoms. The highest BCUT2D eigenvalue weighted by Crippen LogP contribution is 2.24. The van der Waals surface area contributed by atoms with Gasteiger partial charge in [-0.1, -0.05) is 19.9 Å². The zero-order valence-electron chi connectivity index (χ0n) is 11.2. The van der Waals surface area contributed by atoms with Crippen LogP contribution in [0.25, 0.3) is 0 Å². The number of carbonyl (C=O) groups is 1. The summed E-state index contributed by atoms with van der Waals surface area (Å²) < 4.78 is 5.32. The van der Waals surface area contributed by atoms with Crippen LogP contribution in [0.4, 0.5) is 0 Å². The summed E-state index contributed by atoms with van der Waals surface area (Å²) in [6.07, 6.45) is 0. The third kappa shape index (κ3) is 3.47. The fourth-order valence-corrected chi connectivity index (χ4v) is 1.67. The van der Waals surface area contributed by atoms with Crippen LogP contribution in [0, 0.1) is 6.92 Å². The Kier molecular flexibility index (Phi) is 4.35. The molecular formula is C14H20O4. The van der Waals surface area contributed by atoms with Crippen molar-refractivity contribution in [3.63, 3.8) is 0 Å². The largest absolute Gasteiger partial charge is 0.490 e. The maximum atomic E-state index is 10.7. The first-order chi connectivity index (χ1) is 8.24. The van der Waals surface area contributed by atoms with Gasteiger partial charge in [0.1, 0.15) is 12.4 Å². The first-order valence-electron chi connectivity index (χ1n) is 5.93. The van der Waals surface area contributed by atoms with Crippen LogP contribution < -0.4 is 4.74 Å². The number of rotatable bonds is 5. The summed E-state index contributed by atoms with van der Waals surface area (Å²) in [6.45, 7) is 7.14. The molecule has 0 saturated carbocycles. The Balaban J connectivity index is 2.76. The third-order valence-electron chi connectivity index (χ3n) is 2.84. The number of hydrogen-bond donors (Lipinski definition) is 2. The van der Waals surface area contributed by atoms with Gasteiger partial charge in [0.15, 0.2) is 5.60 Å². The van der Waals surface area contributed by atoms with Crippen LogP contribution in [-0.4, -0.2) is 28.4 Å². The summed E-state index contributed by atoms with van der Waals surface area (Å²) in [7, 11) is 0. The van der Waals surface area contributed by atoms with Crippen molar-refractivity contribution in [1.29, 1.82) is 0 Å². The van der Waals surface area contributed by atoms with Gasteiger partial charge >= 0.3 is 5.97 Å². The molecule has 0 saturated heterocycles. The molecule has 0 aliphatic carbocycles. The maximum Gasteiger partial charge on any atom is 0.339 e. The van der Waals surface area contributed by atoms with Gasteiger partial charge in [0.05, 0.1) is 0 Å². The second-order valence-electron chi connectivity index (χ2n) is 5.04. The summed E-state index contributed by atoms with van der Waals surface area (Å²) in [4.78, 5) is 10.7. The highest BCUT2D eigenvalue weighted by atomic mass is 16.5. The highest BCUT2D eigenvalue weighted by molar-refractivity contribution is 5.76. The van der Waals surface area contributed by atoms with Crippen LogP contribution in [0.3, 0.4) is 0 Å². The first kappa shape index (κ1) is 14.5. The van der Waals surface area contributed by atoms with Gasteiger partial charge in [0.25, 0.3) is 0 Å². The molecule has 0 aliphatic rings. The van der Waals surface area contributed by atoms with Gasteiger partial charge in [-0.15, -0.1) is 0 Å². The Hall–Kier alpha value is -1.55. The number of carboxylic acid groups (broad SMARTS) is 1. The van der Waals surface area contributed by atoms with Gasteiger partial charge < -0.3 is 14.9 Å². The van der Waals surface area contributed by atoms with Crippen LogP contribution in [0.2, 0.25) is 0 Å². The van der Waals surface area contributed by atoms with Crippen LogP contribution in [0.1, 0.15) is 37.8 Å². The lowest BCUT2D eigenvalue weighted by atomic mass is 9.98. The van der Waals surface area contributed by atoms with Crippen molar-refractivity contribution < 1.29 is 19.7 Å². The van der Waals surface area contributed by atoms with E-state index in [9.17, 15) is 9.90 Å². The molecule has 1 atom stereocenters. The Bertz CT molecular complexity index is 435. The molecule has 2 N–H and O–H groups in total. The molecule has 0 radical (unpaired) electrons. The summed E-state index contributed by atoms with van der Waals surface area (Å²) in [5.74, 6) is -0.294. The van der Waals surface area contributed by atoms with Gasteiger partial charge in [-0.2, -0.15) is 0 Å². The van der Waals surface area contributed by atoms with E-state index in [1.807, 2.05) is 19.1 Å². The van der Waals surface area contributed by atoms with Gasteiger partial charge in [0, 0.05) is 0 Å². The molecule has 1 unspecified atom stereocenters. The molecule has 100 valence electrons. The number of ether oxygens (including phenoxy) is 1. The Labute approximate surface area is 107 Å². The normalized spacial score (nSPS) is 14.3. The highest BCUT2D eigenvalue weighted by Gasteiger charge is 2.30. The number of carboxylic acids is 1. The smallest absolute Gasteiger partial charge is 0.339 e. The van der Waals surface area contributed by atoms with Gasteiger partial charge in [-0.05, 0) is 43.0 Å². The molecule has 18 heavy (non-hydrogen) atoms. The lowest BCUT2D eigenvalue weighted by Crippen LogP contribution is -2.41. The van der Waals surface area contributed by atoms with Crippen LogP contribution in [0.15, 0.2) is 18.2 Å². The average Bonchev–Trinajstić information content (AvgIpc) is 2.25. The lowest BCUT2D eigenvalue weighted by molar-refractivity contribution is -0.159. The molecule has 1 rings (SSSR count). The number of aliphatic carboxylic acids is 1. The van der Waals surface area contributed by atoms with E-state index in [1.165, 1.54) is 12.5 Å². The van der Waals surface area contributed by atoms with Crippen molar-refractivity contribution in [2.75, 3.05) is 6.61 Å². The third-order valence-corrected chi connectivity index (χ3v) is 2.84. The molecule has 4 heteroatoms. The van der Waals surface area contributed by atoms with Crippen LogP contribution in [0.5, 0.6) is 5.75 Å². The fourth-order valence-electron chi connectivity index (χ4n) is 1.67. The van der Waals surface area contributed by atoms with E-state index in [4.69, 9.17) is 9.84 Å². The molecule has 0 amide bonds. The Morgan fingerprint density at radius 3 is 2.50 bits per heavy atom. The van der Waals surface area contributed by atoms with E-state index in [-0.39, 0.29) is 6.61 Å². The van der Waals surface area contributed by atoms with E-state index >= 15 is 0 Å². The summed E-state index contributed by atoms with van der Waals surface area (Å²) in [5, 5.41) is 18.3. The van der Waals surface area contributed by atoms with E-state index < -0.39 is 11.6 Å². The number of aliphatic hydroxyl groups is 1. The van der Waals surface area contributed by atoms with E-state index in [2.05, 4.69) is 13.8 Å². The molecule has 0 bridgehead atoms. The van der Waals surface area contributed by atoms with Crippen molar-refractivity contribution in [2.24, 2.45) is 0 Å². The predicted molar refractivity (Wildman–Crippen MR) is 69.0 cm³/mol. The lowest BCUT2D eigenvalue weighted by Gasteiger charge is -2.19. The first-order valence-corrected chi connectivity index (χ1v) is 5.93. The van der Waals surface area contributed by atoms with Gasteiger partial charge in [-0.3, -0.25) is 0 Å². The molecular weight excluding hydrogens is 232 g/mol. The topological polar surface area (TPSA) is 66.8 Å². The van der Waals surface area contributed by atoms with Crippen molar-refractivity contribution in [3.8, 4) is 5.75 Å². The zero-order valence-corrected chi connectivity index (χ0v) is 11.2. The minimum Gasteiger partial charge on any atom is -0.490 e. The van der Waals surface area contributed by atoms with Gasteiger partial charge in [0.2, 0.25) is 0 Å². The molecule has 0 aliphatic heterocycles. The standard InChI is InChI=1S/C14H20O4/c1-9(2)12-6-5-11(7-10(12)3)18-8-14(4,17)13(15)16/h5-7,9,17H,8H2,1-4H3,(H,15,16). The molecule has 1 aromatic rings. The summed E-state index contributed by atoms with van der Waals surface area (Å²) in [6, 6.07) is 5.61. The molecule has 0 fully saturated rings. The van der Waals surface area contributed by atoms with Crippen molar-refractivity contribution in [1.82, 2.24) is 0 Å². The molecule has 0 aromatic heterocycles. The van der Waals surface area contributed by atoms with Gasteiger partial charge in [-0.25, -0.2) is 4.79 Å². The fraction of sp³-hybridized carbons (Fsp3) is 0.500. The van der Waals surface area contributed by atoms with E-state index in [0.29, 0.717) is 11.7 Å². The van der Waals surface area contributed by atoms with Crippen LogP contribution >= 0.6 is 0 Å². The Morgan fingerprint density at radius 1 is 1.44 bits per heavy atom. The Morgan fingerprint density at radius 2 is 2.06 bits per heavy atom. The second-order valence-corrected chi connectivity index (χ2v) is 5.04. The monoisotopic (exact) mass is 252 g/mol. The number of benzene rings is 1. The van der Waals surface area contributed by atoms with Crippen molar-refractivity contribution >= 4 is 5.97 Å². The van der Waals surface area contributed by atoms with Crippen molar-refractivity contribution in [3.05, 3.63) is 29.3 Å².